The molecule has 124 valence electrons. The van der Waals surface area contributed by atoms with E-state index >= 15 is 0 Å². The van der Waals surface area contributed by atoms with Crippen molar-refractivity contribution in [2.45, 2.75) is 32.7 Å². The summed E-state index contributed by atoms with van der Waals surface area (Å²) in [5.74, 6) is 2.54. The molecule has 2 heterocycles. The first-order chi connectivity index (χ1) is 11.1. The van der Waals surface area contributed by atoms with E-state index in [-0.39, 0.29) is 6.04 Å². The number of nitrogens with zero attached hydrogens (tertiary/aromatic N) is 3. The lowest BCUT2D eigenvalue weighted by atomic mass is 9.97. The Morgan fingerprint density at radius 3 is 2.96 bits per heavy atom. The molecular weight excluding hydrogens is 314 g/mol. The van der Waals surface area contributed by atoms with Gasteiger partial charge in [-0.05, 0) is 38.4 Å². The Morgan fingerprint density at radius 2 is 2.22 bits per heavy atom. The standard InChI is InChI=1S/C17H22ClN3O2/c1-12(17-20-19-13(2)23-17)21-9-5-6-14(10-21)11-22-16-8-4-3-7-15(16)18/h3-4,7-8,12,14H,5-6,9-11H2,1-2H3. The van der Waals surface area contributed by atoms with Gasteiger partial charge in [0, 0.05) is 19.4 Å². The molecular formula is C17H22ClN3O2. The minimum absolute atomic E-state index is 0.138. The van der Waals surface area contributed by atoms with Gasteiger partial charge in [0.2, 0.25) is 11.8 Å². The Bertz CT molecular complexity index is 646. The molecule has 0 aliphatic carbocycles. The van der Waals surface area contributed by atoms with E-state index in [0.717, 1.165) is 31.7 Å². The summed E-state index contributed by atoms with van der Waals surface area (Å²) in [4.78, 5) is 2.39. The number of likely N-dealkylation sites (tertiary alicyclic amines) is 1. The van der Waals surface area contributed by atoms with Crippen molar-refractivity contribution in [1.82, 2.24) is 15.1 Å². The fourth-order valence-corrected chi connectivity index (χ4v) is 3.18. The van der Waals surface area contributed by atoms with Crippen LogP contribution >= 0.6 is 11.6 Å². The summed E-state index contributed by atoms with van der Waals surface area (Å²) >= 11 is 6.14. The van der Waals surface area contributed by atoms with E-state index in [1.54, 1.807) is 0 Å². The van der Waals surface area contributed by atoms with Gasteiger partial charge in [0.25, 0.3) is 0 Å². The minimum Gasteiger partial charge on any atom is -0.492 e. The number of aryl methyl sites for hydroxylation is 1. The molecule has 2 aromatic rings. The van der Waals surface area contributed by atoms with Crippen molar-refractivity contribution in [1.29, 1.82) is 0 Å². The number of hydrogen-bond acceptors (Lipinski definition) is 5. The van der Waals surface area contributed by atoms with Crippen molar-refractivity contribution in [3.63, 3.8) is 0 Å². The van der Waals surface area contributed by atoms with Crippen molar-refractivity contribution in [3.8, 4) is 5.75 Å². The van der Waals surface area contributed by atoms with E-state index in [9.17, 15) is 0 Å². The number of ether oxygens (including phenoxy) is 1. The van der Waals surface area contributed by atoms with Crippen LogP contribution in [0.2, 0.25) is 5.02 Å². The largest absolute Gasteiger partial charge is 0.492 e. The molecule has 23 heavy (non-hydrogen) atoms. The lowest BCUT2D eigenvalue weighted by Gasteiger charge is -2.35. The maximum atomic E-state index is 6.14. The molecule has 0 spiro atoms. The van der Waals surface area contributed by atoms with Crippen molar-refractivity contribution < 1.29 is 9.15 Å². The molecule has 2 atom stereocenters. The maximum absolute atomic E-state index is 6.14. The highest BCUT2D eigenvalue weighted by atomic mass is 35.5. The second-order valence-corrected chi connectivity index (χ2v) is 6.49. The average molecular weight is 336 g/mol. The highest BCUT2D eigenvalue weighted by molar-refractivity contribution is 6.32. The van der Waals surface area contributed by atoms with E-state index in [1.807, 2.05) is 31.2 Å². The first-order valence-corrected chi connectivity index (χ1v) is 8.42. The SMILES string of the molecule is Cc1nnc(C(C)N2CCCC(COc3ccccc3Cl)C2)o1. The van der Waals surface area contributed by atoms with Crippen molar-refractivity contribution >= 4 is 11.6 Å². The first-order valence-electron chi connectivity index (χ1n) is 8.05. The van der Waals surface area contributed by atoms with E-state index in [1.165, 1.54) is 0 Å². The molecule has 5 nitrogen and oxygen atoms in total. The van der Waals surface area contributed by atoms with E-state index in [4.69, 9.17) is 20.8 Å². The molecule has 1 fully saturated rings. The lowest BCUT2D eigenvalue weighted by molar-refractivity contribution is 0.0895. The zero-order valence-electron chi connectivity index (χ0n) is 13.5. The molecule has 0 bridgehead atoms. The van der Waals surface area contributed by atoms with Gasteiger partial charge in [-0.1, -0.05) is 23.7 Å². The Morgan fingerprint density at radius 1 is 1.39 bits per heavy atom. The number of benzene rings is 1. The van der Waals surface area contributed by atoms with Gasteiger partial charge in [-0.25, -0.2) is 0 Å². The molecule has 3 rings (SSSR count). The number of halogens is 1. The second-order valence-electron chi connectivity index (χ2n) is 6.08. The summed E-state index contributed by atoms with van der Waals surface area (Å²) in [6, 6.07) is 7.75. The third-order valence-corrected chi connectivity index (χ3v) is 4.62. The van der Waals surface area contributed by atoms with Crippen LogP contribution in [0.5, 0.6) is 5.75 Å². The van der Waals surface area contributed by atoms with E-state index in [2.05, 4.69) is 22.0 Å². The minimum atomic E-state index is 0.138. The Balaban J connectivity index is 1.57. The van der Waals surface area contributed by atoms with E-state index in [0.29, 0.717) is 29.3 Å². The summed E-state index contributed by atoms with van der Waals surface area (Å²) in [6.07, 6.45) is 2.31. The topological polar surface area (TPSA) is 51.4 Å². The van der Waals surface area contributed by atoms with E-state index < -0.39 is 0 Å². The van der Waals surface area contributed by atoms with Crippen molar-refractivity contribution in [2.75, 3.05) is 19.7 Å². The monoisotopic (exact) mass is 335 g/mol. The summed E-state index contributed by atoms with van der Waals surface area (Å²) < 4.78 is 11.5. The van der Waals surface area contributed by atoms with Crippen LogP contribution in [-0.2, 0) is 0 Å². The molecule has 0 saturated carbocycles. The number of rotatable bonds is 5. The van der Waals surface area contributed by atoms with Crippen molar-refractivity contribution in [2.24, 2.45) is 5.92 Å². The zero-order chi connectivity index (χ0) is 16.2. The molecule has 0 N–H and O–H groups in total. The molecule has 0 amide bonds. The first kappa shape index (κ1) is 16.3. The molecule has 1 saturated heterocycles. The molecule has 0 radical (unpaired) electrons. The number of aromatic nitrogens is 2. The molecule has 1 aromatic carbocycles. The highest BCUT2D eigenvalue weighted by Crippen LogP contribution is 2.28. The van der Waals surface area contributed by atoms with Gasteiger partial charge >= 0.3 is 0 Å². The summed E-state index contributed by atoms with van der Waals surface area (Å²) in [7, 11) is 0. The molecule has 1 aromatic heterocycles. The Labute approximate surface area is 141 Å². The van der Waals surface area contributed by atoms with Crippen LogP contribution in [0.3, 0.4) is 0 Å². The summed E-state index contributed by atoms with van der Waals surface area (Å²) in [5, 5.41) is 8.73. The van der Waals surface area contributed by atoms with Gasteiger partial charge in [0.05, 0.1) is 17.7 Å². The van der Waals surface area contributed by atoms with Crippen LogP contribution < -0.4 is 4.74 Å². The zero-order valence-corrected chi connectivity index (χ0v) is 14.3. The second kappa shape index (κ2) is 7.32. The number of hydrogen-bond donors (Lipinski definition) is 0. The van der Waals surface area contributed by atoms with Gasteiger partial charge < -0.3 is 9.15 Å². The Kier molecular flexibility index (Phi) is 5.18. The van der Waals surface area contributed by atoms with Gasteiger partial charge in [-0.2, -0.15) is 0 Å². The number of piperidine rings is 1. The third-order valence-electron chi connectivity index (χ3n) is 4.31. The predicted molar refractivity (Wildman–Crippen MR) is 88.7 cm³/mol. The van der Waals surface area contributed by atoms with Crippen molar-refractivity contribution in [3.05, 3.63) is 41.1 Å². The Hall–Kier alpha value is -1.59. The normalized spacial score (nSPS) is 20.4. The van der Waals surface area contributed by atoms with Gasteiger partial charge in [0.1, 0.15) is 5.75 Å². The van der Waals surface area contributed by atoms with Gasteiger partial charge in [-0.15, -0.1) is 10.2 Å². The predicted octanol–water partition coefficient (Wildman–Crippen LogP) is 3.88. The van der Waals surface area contributed by atoms with Gasteiger partial charge in [0.15, 0.2) is 0 Å². The van der Waals surface area contributed by atoms with Crippen LogP contribution in [0, 0.1) is 12.8 Å². The third kappa shape index (κ3) is 4.03. The molecule has 2 unspecified atom stereocenters. The van der Waals surface area contributed by atoms with Crippen LogP contribution in [0.1, 0.15) is 37.6 Å². The average Bonchev–Trinajstić information content (AvgIpc) is 3.00. The molecule has 1 aliphatic heterocycles. The summed E-state index contributed by atoms with van der Waals surface area (Å²) in [6.45, 7) is 6.62. The summed E-state index contributed by atoms with van der Waals surface area (Å²) in [5.41, 5.74) is 0. The van der Waals surface area contributed by atoms with Crippen LogP contribution in [0.4, 0.5) is 0 Å². The van der Waals surface area contributed by atoms with Crippen LogP contribution in [-0.4, -0.2) is 34.8 Å². The fourth-order valence-electron chi connectivity index (χ4n) is 2.99. The molecule has 1 aliphatic rings. The fraction of sp³-hybridized carbons (Fsp3) is 0.529. The smallest absolute Gasteiger partial charge is 0.233 e. The maximum Gasteiger partial charge on any atom is 0.233 e. The molecule has 6 heteroatoms. The van der Waals surface area contributed by atoms with Crippen LogP contribution in [0.25, 0.3) is 0 Å². The highest BCUT2D eigenvalue weighted by Gasteiger charge is 2.27. The number of para-hydroxylation sites is 1. The van der Waals surface area contributed by atoms with Crippen LogP contribution in [0.15, 0.2) is 28.7 Å². The lowest BCUT2D eigenvalue weighted by Crippen LogP contribution is -2.39. The van der Waals surface area contributed by atoms with Gasteiger partial charge in [-0.3, -0.25) is 4.90 Å². The quantitative estimate of drug-likeness (QED) is 0.829.